The lowest BCUT2D eigenvalue weighted by atomic mass is 9.80. The van der Waals surface area contributed by atoms with Gasteiger partial charge in [0, 0.05) is 0 Å². The van der Waals surface area contributed by atoms with Crippen LogP contribution in [0.15, 0.2) is 109 Å². The summed E-state index contributed by atoms with van der Waals surface area (Å²) in [4.78, 5) is 0. The van der Waals surface area contributed by atoms with Gasteiger partial charge in [-0.3, -0.25) is 0 Å². The van der Waals surface area contributed by atoms with Gasteiger partial charge >= 0.3 is 0 Å². The van der Waals surface area contributed by atoms with Gasteiger partial charge in [0.2, 0.25) is 0 Å². The number of allylic oxidation sites excluding steroid dienone is 6. The Morgan fingerprint density at radius 2 is 1.70 bits per heavy atom. The predicted octanol–water partition coefficient (Wildman–Crippen LogP) is 7.72. The molecule has 0 bridgehead atoms. The highest BCUT2D eigenvalue weighted by atomic mass is 14.3. The Labute approximate surface area is 180 Å². The first kappa shape index (κ1) is 18.9. The van der Waals surface area contributed by atoms with Crippen LogP contribution in [0.25, 0.3) is 16.3 Å². The van der Waals surface area contributed by atoms with Gasteiger partial charge < -0.3 is 0 Å². The lowest BCUT2D eigenvalue weighted by Crippen LogP contribution is -2.09. The molecule has 30 heavy (non-hydrogen) atoms. The van der Waals surface area contributed by atoms with Gasteiger partial charge in [0.15, 0.2) is 0 Å². The van der Waals surface area contributed by atoms with Crippen molar-refractivity contribution >= 4 is 16.3 Å². The Hall–Kier alpha value is -3.12. The Kier molecular flexibility index (Phi) is 4.79. The molecule has 3 aromatic rings. The van der Waals surface area contributed by atoms with Crippen LogP contribution in [-0.4, -0.2) is 0 Å². The monoisotopic (exact) mass is 388 g/mol. The molecule has 0 spiro atoms. The molecule has 0 heterocycles. The topological polar surface area (TPSA) is 0 Å². The summed E-state index contributed by atoms with van der Waals surface area (Å²) in [7, 11) is 0. The average Bonchev–Trinajstić information content (AvgIpc) is 3.22. The molecular formula is C30H28. The summed E-state index contributed by atoms with van der Waals surface area (Å²) >= 11 is 0. The van der Waals surface area contributed by atoms with E-state index in [0.717, 1.165) is 19.3 Å². The van der Waals surface area contributed by atoms with E-state index in [1.165, 1.54) is 49.8 Å². The Morgan fingerprint density at radius 3 is 2.53 bits per heavy atom. The van der Waals surface area contributed by atoms with Crippen molar-refractivity contribution in [3.05, 3.63) is 125 Å². The molecular weight excluding hydrogens is 360 g/mol. The Morgan fingerprint density at radius 1 is 0.933 bits per heavy atom. The second kappa shape index (κ2) is 7.61. The van der Waals surface area contributed by atoms with Crippen molar-refractivity contribution in [2.45, 2.75) is 26.2 Å². The number of rotatable bonds is 4. The van der Waals surface area contributed by atoms with Crippen molar-refractivity contribution in [1.29, 1.82) is 0 Å². The molecule has 148 valence electrons. The van der Waals surface area contributed by atoms with Crippen molar-refractivity contribution in [3.8, 4) is 0 Å². The maximum absolute atomic E-state index is 4.55. The van der Waals surface area contributed by atoms with Crippen molar-refractivity contribution in [2.24, 2.45) is 11.8 Å². The highest BCUT2D eigenvalue weighted by Crippen LogP contribution is 2.40. The largest absolute Gasteiger partial charge is 0.0992 e. The summed E-state index contributed by atoms with van der Waals surface area (Å²) in [6.07, 6.45) is 7.80. The van der Waals surface area contributed by atoms with Crippen LogP contribution in [-0.2, 0) is 12.8 Å². The molecule has 0 fully saturated rings. The zero-order valence-corrected chi connectivity index (χ0v) is 17.7. The van der Waals surface area contributed by atoms with E-state index in [4.69, 9.17) is 0 Å². The molecule has 2 aliphatic carbocycles. The van der Waals surface area contributed by atoms with E-state index in [0.29, 0.717) is 11.8 Å². The first-order valence-corrected chi connectivity index (χ1v) is 10.9. The molecule has 0 amide bonds. The molecule has 3 aromatic carbocycles. The van der Waals surface area contributed by atoms with Gasteiger partial charge in [0.25, 0.3) is 0 Å². The SMILES string of the molecule is C=C1C(CC(=C)C2Cc3ccc4ccccc4c3C2)=CC(c2ccccc2)=CC1C. The molecule has 0 saturated heterocycles. The number of fused-ring (bicyclic) bond motifs is 3. The normalized spacial score (nSPS) is 20.6. The van der Waals surface area contributed by atoms with E-state index in [9.17, 15) is 0 Å². The minimum atomic E-state index is 0.359. The summed E-state index contributed by atoms with van der Waals surface area (Å²) < 4.78 is 0. The number of benzene rings is 3. The van der Waals surface area contributed by atoms with Gasteiger partial charge in [-0.15, -0.1) is 0 Å². The van der Waals surface area contributed by atoms with Crippen LogP contribution in [0.5, 0.6) is 0 Å². The van der Waals surface area contributed by atoms with Gasteiger partial charge in [-0.25, -0.2) is 0 Å². The first-order chi connectivity index (χ1) is 14.6. The zero-order chi connectivity index (χ0) is 20.7. The van der Waals surface area contributed by atoms with Crippen LogP contribution < -0.4 is 0 Å². The molecule has 2 atom stereocenters. The van der Waals surface area contributed by atoms with Crippen molar-refractivity contribution < 1.29 is 0 Å². The molecule has 0 saturated carbocycles. The standard InChI is InChI=1S/C30H28/c1-20-15-28(23-9-5-4-6-10-23)18-27(22(20)3)16-21(2)26-17-25-14-13-24-11-7-8-12-29(24)30(25)19-26/h4-15,18,20,26H,2-3,16-17,19H2,1H3. The molecule has 0 aromatic heterocycles. The fraction of sp³-hybridized carbons (Fsp3) is 0.200. The maximum atomic E-state index is 4.55. The second-order valence-corrected chi connectivity index (χ2v) is 8.84. The quantitative estimate of drug-likeness (QED) is 0.401. The van der Waals surface area contributed by atoms with Crippen molar-refractivity contribution in [1.82, 2.24) is 0 Å². The van der Waals surface area contributed by atoms with Gasteiger partial charge in [-0.2, -0.15) is 0 Å². The lowest BCUT2D eigenvalue weighted by molar-refractivity contribution is 0.641. The third-order valence-electron chi connectivity index (χ3n) is 6.88. The first-order valence-electron chi connectivity index (χ1n) is 10.9. The average molecular weight is 389 g/mol. The molecule has 0 N–H and O–H groups in total. The van der Waals surface area contributed by atoms with E-state index < -0.39 is 0 Å². The molecule has 0 nitrogen and oxygen atoms in total. The fourth-order valence-corrected chi connectivity index (χ4v) is 5.04. The molecule has 0 aliphatic heterocycles. The van der Waals surface area contributed by atoms with E-state index in [1.54, 1.807) is 0 Å². The molecule has 2 aliphatic rings. The predicted molar refractivity (Wildman–Crippen MR) is 129 cm³/mol. The lowest BCUT2D eigenvalue weighted by Gasteiger charge is -2.24. The van der Waals surface area contributed by atoms with Crippen molar-refractivity contribution in [3.63, 3.8) is 0 Å². The number of hydrogen-bond acceptors (Lipinski definition) is 0. The Bertz CT molecular complexity index is 1200. The van der Waals surface area contributed by atoms with Crippen LogP contribution in [0.1, 0.15) is 30.0 Å². The van der Waals surface area contributed by atoms with Gasteiger partial charge in [-0.05, 0) is 75.3 Å². The summed E-state index contributed by atoms with van der Waals surface area (Å²) in [6.45, 7) is 11.2. The summed E-state index contributed by atoms with van der Waals surface area (Å²) in [5.74, 6) is 0.874. The second-order valence-electron chi connectivity index (χ2n) is 8.84. The highest BCUT2D eigenvalue weighted by molar-refractivity contribution is 5.87. The maximum Gasteiger partial charge on any atom is -0.000425 e. The molecule has 5 rings (SSSR count). The van der Waals surface area contributed by atoms with E-state index in [-0.39, 0.29) is 0 Å². The summed E-state index contributed by atoms with van der Waals surface area (Å²) in [5, 5.41) is 2.76. The van der Waals surface area contributed by atoms with Crippen LogP contribution in [0.4, 0.5) is 0 Å². The zero-order valence-electron chi connectivity index (χ0n) is 17.7. The third-order valence-corrected chi connectivity index (χ3v) is 6.88. The van der Waals surface area contributed by atoms with Crippen molar-refractivity contribution in [2.75, 3.05) is 0 Å². The smallest absolute Gasteiger partial charge is 0.000425 e. The molecule has 0 heteroatoms. The summed E-state index contributed by atoms with van der Waals surface area (Å²) in [5.41, 5.74) is 9.51. The highest BCUT2D eigenvalue weighted by Gasteiger charge is 2.27. The van der Waals surface area contributed by atoms with Gasteiger partial charge in [-0.1, -0.05) is 105 Å². The van der Waals surface area contributed by atoms with Gasteiger partial charge in [0.1, 0.15) is 0 Å². The minimum absolute atomic E-state index is 0.359. The van der Waals surface area contributed by atoms with E-state index in [2.05, 4.69) is 99.0 Å². The third kappa shape index (κ3) is 3.37. The van der Waals surface area contributed by atoms with Crippen LogP contribution >= 0.6 is 0 Å². The van der Waals surface area contributed by atoms with Crippen LogP contribution in [0.2, 0.25) is 0 Å². The van der Waals surface area contributed by atoms with E-state index in [1.807, 2.05) is 0 Å². The minimum Gasteiger partial charge on any atom is -0.0992 e. The van der Waals surface area contributed by atoms with Crippen LogP contribution in [0, 0.1) is 11.8 Å². The van der Waals surface area contributed by atoms with Gasteiger partial charge in [0.05, 0.1) is 0 Å². The van der Waals surface area contributed by atoms with Crippen LogP contribution in [0.3, 0.4) is 0 Å². The molecule has 0 radical (unpaired) electrons. The van der Waals surface area contributed by atoms with E-state index >= 15 is 0 Å². The fourth-order valence-electron chi connectivity index (χ4n) is 5.04. The number of hydrogen-bond donors (Lipinski definition) is 0. The Balaban J connectivity index is 1.38. The summed E-state index contributed by atoms with van der Waals surface area (Å²) in [6, 6.07) is 24.0. The molecule has 2 unspecified atom stereocenters.